The molecule has 9 nitrogen and oxygen atoms in total. The molecule has 1 N–H and O–H groups in total. The summed E-state index contributed by atoms with van der Waals surface area (Å²) in [6.45, 7) is 3.67. The Labute approximate surface area is 199 Å². The highest BCUT2D eigenvalue weighted by molar-refractivity contribution is 7.90. The minimum atomic E-state index is -3.59. The Morgan fingerprint density at radius 3 is 2.47 bits per heavy atom. The number of ether oxygens (including phenoxy) is 3. The van der Waals surface area contributed by atoms with Crippen molar-refractivity contribution in [3.05, 3.63) is 54.1 Å². The van der Waals surface area contributed by atoms with Crippen molar-refractivity contribution in [2.75, 3.05) is 38.0 Å². The summed E-state index contributed by atoms with van der Waals surface area (Å²) in [5.41, 5.74) is 1.30. The predicted molar refractivity (Wildman–Crippen MR) is 126 cm³/mol. The van der Waals surface area contributed by atoms with E-state index in [1.807, 2.05) is 25.1 Å². The van der Waals surface area contributed by atoms with E-state index in [1.54, 1.807) is 42.3 Å². The molecule has 0 spiro atoms. The molecule has 0 aromatic heterocycles. The van der Waals surface area contributed by atoms with Crippen LogP contribution in [0, 0.1) is 18.8 Å². The summed E-state index contributed by atoms with van der Waals surface area (Å²) in [6.07, 6.45) is -0.104. The first-order valence-electron chi connectivity index (χ1n) is 11.4. The summed E-state index contributed by atoms with van der Waals surface area (Å²) < 4.78 is 46.8. The first-order chi connectivity index (χ1) is 16.3. The highest BCUT2D eigenvalue weighted by Gasteiger charge is 2.48. The first-order valence-corrected chi connectivity index (χ1v) is 12.9. The number of para-hydroxylation sites is 1. The van der Waals surface area contributed by atoms with Gasteiger partial charge in [0.2, 0.25) is 0 Å². The summed E-state index contributed by atoms with van der Waals surface area (Å²) in [7, 11) is -2.02. The fraction of sp³-hybridized carbons (Fsp3) is 0.458. The van der Waals surface area contributed by atoms with E-state index < -0.39 is 22.4 Å². The van der Waals surface area contributed by atoms with Gasteiger partial charge in [-0.15, -0.1) is 0 Å². The number of fused-ring (bicyclic) bond motifs is 1. The summed E-state index contributed by atoms with van der Waals surface area (Å²) in [6, 6.07) is 14.2. The average Bonchev–Trinajstić information content (AvgIpc) is 3.21. The lowest BCUT2D eigenvalue weighted by Gasteiger charge is -2.21. The quantitative estimate of drug-likeness (QED) is 0.645. The van der Waals surface area contributed by atoms with Crippen molar-refractivity contribution in [2.45, 2.75) is 25.6 Å². The number of amides is 1. The van der Waals surface area contributed by atoms with Crippen molar-refractivity contribution in [3.63, 3.8) is 0 Å². The third kappa shape index (κ3) is 4.84. The molecule has 1 amide bonds. The second-order valence-electron chi connectivity index (χ2n) is 9.18. The maximum atomic E-state index is 12.7. The maximum absolute atomic E-state index is 12.7. The SMILES string of the molecule is CO[C@@H]1CN(C(=O)Oc2ccccc2C)C[C@H]1Oc1cccc(NS(=O)(=O)N2CC3CC3C2)c1. The number of nitrogens with zero attached hydrogens (tertiary/aromatic N) is 2. The molecular formula is C24H29N3O6S. The average molecular weight is 488 g/mol. The molecule has 2 unspecified atom stereocenters. The topological polar surface area (TPSA) is 97.4 Å². The van der Waals surface area contributed by atoms with Crippen LogP contribution in [0.4, 0.5) is 10.5 Å². The zero-order valence-electron chi connectivity index (χ0n) is 19.2. The van der Waals surface area contributed by atoms with E-state index in [-0.39, 0.29) is 12.6 Å². The molecule has 0 bridgehead atoms. The number of aryl methyl sites for hydroxylation is 1. The summed E-state index contributed by atoms with van der Waals surface area (Å²) in [5.74, 6) is 2.03. The van der Waals surface area contributed by atoms with E-state index in [0.29, 0.717) is 48.7 Å². The summed E-state index contributed by atoms with van der Waals surface area (Å²) in [4.78, 5) is 14.3. The molecule has 1 aliphatic carbocycles. The van der Waals surface area contributed by atoms with E-state index in [4.69, 9.17) is 14.2 Å². The van der Waals surface area contributed by atoms with Crippen LogP contribution in [-0.4, -0.2) is 69.2 Å². The zero-order valence-corrected chi connectivity index (χ0v) is 20.0. The molecule has 2 saturated heterocycles. The van der Waals surface area contributed by atoms with Crippen LogP contribution in [0.2, 0.25) is 0 Å². The molecule has 2 aliphatic heterocycles. The maximum Gasteiger partial charge on any atom is 0.415 e. The first kappa shape index (κ1) is 22.9. The third-order valence-electron chi connectivity index (χ3n) is 6.72. The van der Waals surface area contributed by atoms with E-state index in [9.17, 15) is 13.2 Å². The Kier molecular flexibility index (Phi) is 6.13. The van der Waals surface area contributed by atoms with Gasteiger partial charge in [0.1, 0.15) is 23.7 Å². The summed E-state index contributed by atoms with van der Waals surface area (Å²) >= 11 is 0. The second-order valence-corrected chi connectivity index (χ2v) is 10.8. The van der Waals surface area contributed by atoms with E-state index in [0.717, 1.165) is 12.0 Å². The van der Waals surface area contributed by atoms with Gasteiger partial charge in [0.25, 0.3) is 0 Å². The minimum Gasteiger partial charge on any atom is -0.486 e. The molecular weight excluding hydrogens is 458 g/mol. The number of methoxy groups -OCH3 is 1. The van der Waals surface area contributed by atoms with Crippen LogP contribution in [0.15, 0.2) is 48.5 Å². The lowest BCUT2D eigenvalue weighted by molar-refractivity contribution is 0.0341. The third-order valence-corrected chi connectivity index (χ3v) is 8.19. The van der Waals surface area contributed by atoms with Crippen LogP contribution in [-0.2, 0) is 14.9 Å². The second kappa shape index (κ2) is 9.09. The van der Waals surface area contributed by atoms with Gasteiger partial charge in [0.15, 0.2) is 0 Å². The van der Waals surface area contributed by atoms with Gasteiger partial charge in [-0.1, -0.05) is 24.3 Å². The molecule has 34 heavy (non-hydrogen) atoms. The van der Waals surface area contributed by atoms with Crippen LogP contribution in [0.25, 0.3) is 0 Å². The molecule has 3 fully saturated rings. The number of anilines is 1. The molecule has 10 heteroatoms. The molecule has 4 atom stereocenters. The van der Waals surface area contributed by atoms with E-state index >= 15 is 0 Å². The van der Waals surface area contributed by atoms with Crippen molar-refractivity contribution >= 4 is 22.0 Å². The minimum absolute atomic E-state index is 0.287. The molecule has 2 aromatic carbocycles. The number of hydrogen-bond donors (Lipinski definition) is 1. The van der Waals surface area contributed by atoms with Gasteiger partial charge in [0.05, 0.1) is 18.8 Å². The van der Waals surface area contributed by atoms with Crippen molar-refractivity contribution in [3.8, 4) is 11.5 Å². The standard InChI is InChI=1S/C24H29N3O6S/c1-16-6-3-4-9-21(16)33-24(28)26-14-22(31-2)23(15-26)32-20-8-5-7-19(11-20)25-34(29,30)27-12-17-10-18(17)13-27/h3-9,11,17-18,22-23,25H,10,12-15H2,1-2H3/t17?,18?,22-,23-/m1/s1. The Balaban J connectivity index is 1.22. The number of carbonyl (C=O) groups is 1. The van der Waals surface area contributed by atoms with Crippen molar-refractivity contribution in [1.29, 1.82) is 0 Å². The predicted octanol–water partition coefficient (Wildman–Crippen LogP) is 2.88. The van der Waals surface area contributed by atoms with Gasteiger partial charge in [0, 0.05) is 26.3 Å². The molecule has 5 rings (SSSR count). The van der Waals surface area contributed by atoms with Crippen LogP contribution in [0.3, 0.4) is 0 Å². The van der Waals surface area contributed by atoms with Crippen molar-refractivity contribution < 1.29 is 27.4 Å². The van der Waals surface area contributed by atoms with Gasteiger partial charge in [-0.2, -0.15) is 12.7 Å². The molecule has 3 aliphatic rings. The number of piperidine rings is 1. The smallest absolute Gasteiger partial charge is 0.415 e. The van der Waals surface area contributed by atoms with E-state index in [2.05, 4.69) is 4.72 Å². The number of rotatable bonds is 7. The Hall–Kier alpha value is -2.82. The molecule has 2 heterocycles. The molecule has 1 saturated carbocycles. The number of nitrogens with one attached hydrogen (secondary N) is 1. The van der Waals surface area contributed by atoms with E-state index in [1.165, 1.54) is 4.31 Å². The van der Waals surface area contributed by atoms with Crippen LogP contribution >= 0.6 is 0 Å². The molecule has 0 radical (unpaired) electrons. The lowest BCUT2D eigenvalue weighted by atomic mass is 10.2. The van der Waals surface area contributed by atoms with Gasteiger partial charge in [-0.3, -0.25) is 4.72 Å². The number of likely N-dealkylation sites (tertiary alicyclic amines) is 1. The normalized spacial score (nSPS) is 26.2. The number of benzene rings is 2. The lowest BCUT2D eigenvalue weighted by Crippen LogP contribution is -2.35. The number of hydrogen-bond acceptors (Lipinski definition) is 6. The Morgan fingerprint density at radius 2 is 1.74 bits per heavy atom. The molecule has 182 valence electrons. The van der Waals surface area contributed by atoms with Crippen molar-refractivity contribution in [2.24, 2.45) is 11.8 Å². The highest BCUT2D eigenvalue weighted by Crippen LogP contribution is 2.45. The number of carbonyl (C=O) groups excluding carboxylic acids is 1. The van der Waals surface area contributed by atoms with Crippen LogP contribution < -0.4 is 14.2 Å². The van der Waals surface area contributed by atoms with Gasteiger partial charge in [-0.25, -0.2) is 4.79 Å². The highest BCUT2D eigenvalue weighted by atomic mass is 32.2. The summed E-state index contributed by atoms with van der Waals surface area (Å²) in [5, 5.41) is 0. The largest absolute Gasteiger partial charge is 0.486 e. The molecule has 2 aromatic rings. The van der Waals surface area contributed by atoms with Crippen LogP contribution in [0.5, 0.6) is 11.5 Å². The van der Waals surface area contributed by atoms with Gasteiger partial charge < -0.3 is 19.1 Å². The zero-order chi connectivity index (χ0) is 23.9. The van der Waals surface area contributed by atoms with Crippen LogP contribution in [0.1, 0.15) is 12.0 Å². The van der Waals surface area contributed by atoms with Gasteiger partial charge in [-0.05, 0) is 48.9 Å². The fourth-order valence-electron chi connectivity index (χ4n) is 4.63. The van der Waals surface area contributed by atoms with Gasteiger partial charge >= 0.3 is 16.3 Å². The Morgan fingerprint density at radius 1 is 1.00 bits per heavy atom. The Bertz CT molecular complexity index is 1160. The van der Waals surface area contributed by atoms with Crippen molar-refractivity contribution in [1.82, 2.24) is 9.21 Å². The monoisotopic (exact) mass is 487 g/mol. The fourth-order valence-corrected chi connectivity index (χ4v) is 5.96.